The first-order valence-electron chi connectivity index (χ1n) is 6.29. The van der Waals surface area contributed by atoms with E-state index in [0.29, 0.717) is 19.6 Å². The average molecular weight is 301 g/mol. The lowest BCUT2D eigenvalue weighted by atomic mass is 10.2. The summed E-state index contributed by atoms with van der Waals surface area (Å²) in [5.74, 6) is -1.15. The van der Waals surface area contributed by atoms with Gasteiger partial charge < -0.3 is 9.84 Å². The van der Waals surface area contributed by atoms with Gasteiger partial charge in [0.15, 0.2) is 0 Å². The Hall–Kier alpha value is -1.44. The number of rotatable bonds is 9. The molecule has 0 bridgehead atoms. The summed E-state index contributed by atoms with van der Waals surface area (Å²) in [5, 5.41) is 8.84. The fraction of sp³-hybridized carbons (Fsp3) is 0.462. The van der Waals surface area contributed by atoms with Crippen LogP contribution in [0.1, 0.15) is 29.6 Å². The van der Waals surface area contributed by atoms with Crippen molar-refractivity contribution in [3.8, 4) is 0 Å². The molecular weight excluding hydrogens is 282 g/mol. The second-order valence-electron chi connectivity index (χ2n) is 4.28. The Morgan fingerprint density at radius 1 is 1.30 bits per heavy atom. The minimum Gasteiger partial charge on any atom is -0.478 e. The van der Waals surface area contributed by atoms with Crippen LogP contribution in [0.2, 0.25) is 0 Å². The lowest BCUT2D eigenvalue weighted by Crippen LogP contribution is -2.25. The van der Waals surface area contributed by atoms with E-state index in [9.17, 15) is 13.2 Å². The molecule has 2 N–H and O–H groups in total. The molecule has 0 atom stereocenters. The van der Waals surface area contributed by atoms with E-state index in [2.05, 4.69) is 4.72 Å². The highest BCUT2D eigenvalue weighted by molar-refractivity contribution is 7.89. The van der Waals surface area contributed by atoms with E-state index in [1.165, 1.54) is 18.2 Å². The largest absolute Gasteiger partial charge is 0.478 e. The third-order valence-corrected chi connectivity index (χ3v) is 4.17. The van der Waals surface area contributed by atoms with Gasteiger partial charge in [-0.05, 0) is 37.5 Å². The smallest absolute Gasteiger partial charge is 0.335 e. The number of sulfonamides is 1. The molecule has 20 heavy (non-hydrogen) atoms. The Labute approximate surface area is 118 Å². The number of unbranched alkanes of at least 4 members (excludes halogenated alkanes) is 2. The number of ether oxygens (including phenoxy) is 1. The van der Waals surface area contributed by atoms with Crippen LogP contribution in [-0.2, 0) is 14.8 Å². The first-order valence-corrected chi connectivity index (χ1v) is 7.77. The summed E-state index contributed by atoms with van der Waals surface area (Å²) in [5.41, 5.74) is -0.0482. The molecule has 0 saturated carbocycles. The van der Waals surface area contributed by atoms with Gasteiger partial charge in [-0.2, -0.15) is 0 Å². The molecule has 7 heteroatoms. The number of hydrogen-bond donors (Lipinski definition) is 2. The predicted octanol–water partition coefficient (Wildman–Crippen LogP) is 1.48. The van der Waals surface area contributed by atoms with Gasteiger partial charge in [-0.25, -0.2) is 17.9 Å². The molecule has 112 valence electrons. The summed E-state index contributed by atoms with van der Waals surface area (Å²) in [6.45, 7) is 0.983. The quantitative estimate of drug-likeness (QED) is 0.674. The minimum absolute atomic E-state index is 0.0331. The molecule has 0 aromatic heterocycles. The lowest BCUT2D eigenvalue weighted by Gasteiger charge is -2.07. The SMILES string of the molecule is COCCCCCNS(=O)(=O)c1cccc(C(=O)O)c1. The molecule has 1 aromatic rings. The van der Waals surface area contributed by atoms with Gasteiger partial charge in [-0.3, -0.25) is 0 Å². The average Bonchev–Trinajstić information content (AvgIpc) is 2.43. The molecule has 0 aliphatic rings. The predicted molar refractivity (Wildman–Crippen MR) is 74.3 cm³/mol. The van der Waals surface area contributed by atoms with Crippen molar-refractivity contribution in [3.05, 3.63) is 29.8 Å². The van der Waals surface area contributed by atoms with Gasteiger partial charge in [-0.15, -0.1) is 0 Å². The van der Waals surface area contributed by atoms with Crippen molar-refractivity contribution in [1.29, 1.82) is 0 Å². The molecule has 0 aliphatic carbocycles. The van der Waals surface area contributed by atoms with Crippen LogP contribution in [0, 0.1) is 0 Å². The van der Waals surface area contributed by atoms with Crippen molar-refractivity contribution in [3.63, 3.8) is 0 Å². The molecule has 0 aliphatic heterocycles. The van der Waals surface area contributed by atoms with Crippen LogP contribution in [0.25, 0.3) is 0 Å². The van der Waals surface area contributed by atoms with Crippen LogP contribution in [0.4, 0.5) is 0 Å². The number of methoxy groups -OCH3 is 1. The minimum atomic E-state index is -3.65. The number of carbonyl (C=O) groups is 1. The fourth-order valence-corrected chi connectivity index (χ4v) is 2.75. The number of nitrogens with one attached hydrogen (secondary N) is 1. The highest BCUT2D eigenvalue weighted by atomic mass is 32.2. The molecule has 0 fully saturated rings. The number of carboxylic acid groups (broad SMARTS) is 1. The highest BCUT2D eigenvalue weighted by Gasteiger charge is 2.15. The van der Waals surface area contributed by atoms with Gasteiger partial charge in [-0.1, -0.05) is 6.07 Å². The van der Waals surface area contributed by atoms with Gasteiger partial charge in [0.25, 0.3) is 0 Å². The normalized spacial score (nSPS) is 11.4. The zero-order valence-electron chi connectivity index (χ0n) is 11.3. The van der Waals surface area contributed by atoms with Crippen LogP contribution in [-0.4, -0.2) is 39.8 Å². The van der Waals surface area contributed by atoms with E-state index >= 15 is 0 Å². The molecule has 0 saturated heterocycles. The Kier molecular flexibility index (Phi) is 6.63. The number of hydrogen-bond acceptors (Lipinski definition) is 4. The third-order valence-electron chi connectivity index (χ3n) is 2.71. The van der Waals surface area contributed by atoms with Crippen LogP contribution in [0.3, 0.4) is 0 Å². The molecular formula is C13H19NO5S. The summed E-state index contributed by atoms with van der Waals surface area (Å²) >= 11 is 0. The van der Waals surface area contributed by atoms with Crippen molar-refractivity contribution >= 4 is 16.0 Å². The van der Waals surface area contributed by atoms with E-state index in [1.807, 2.05) is 0 Å². The Morgan fingerprint density at radius 3 is 2.70 bits per heavy atom. The van der Waals surface area contributed by atoms with Gasteiger partial charge in [0.1, 0.15) is 0 Å². The van der Waals surface area contributed by atoms with Crippen molar-refractivity contribution in [2.24, 2.45) is 0 Å². The summed E-state index contributed by atoms with van der Waals surface area (Å²) in [6, 6.07) is 5.29. The molecule has 0 unspecified atom stereocenters. The third kappa shape index (κ3) is 5.28. The van der Waals surface area contributed by atoms with E-state index in [0.717, 1.165) is 18.9 Å². The number of benzene rings is 1. The second kappa shape index (κ2) is 7.98. The highest BCUT2D eigenvalue weighted by Crippen LogP contribution is 2.11. The topological polar surface area (TPSA) is 92.7 Å². The van der Waals surface area contributed by atoms with Crippen molar-refractivity contribution < 1.29 is 23.1 Å². The summed E-state index contributed by atoms with van der Waals surface area (Å²) in [6.07, 6.45) is 2.46. The van der Waals surface area contributed by atoms with Gasteiger partial charge in [0.05, 0.1) is 10.5 Å². The van der Waals surface area contributed by atoms with Crippen molar-refractivity contribution in [2.45, 2.75) is 24.2 Å². The number of aromatic carboxylic acids is 1. The molecule has 0 spiro atoms. The molecule has 0 heterocycles. The summed E-state index contributed by atoms with van der Waals surface area (Å²) < 4.78 is 31.3. The summed E-state index contributed by atoms with van der Waals surface area (Å²) in [7, 11) is -2.03. The van der Waals surface area contributed by atoms with Crippen molar-refractivity contribution in [2.75, 3.05) is 20.3 Å². The van der Waals surface area contributed by atoms with Gasteiger partial charge in [0.2, 0.25) is 10.0 Å². The standard InChI is InChI=1S/C13H19NO5S/c1-19-9-4-2-3-8-14-20(17,18)12-7-5-6-11(10-12)13(15)16/h5-7,10,14H,2-4,8-9H2,1H3,(H,15,16). The first-order chi connectivity index (χ1) is 9.47. The maximum Gasteiger partial charge on any atom is 0.335 e. The number of carboxylic acids is 1. The van der Waals surface area contributed by atoms with E-state index < -0.39 is 16.0 Å². The van der Waals surface area contributed by atoms with Crippen LogP contribution < -0.4 is 4.72 Å². The van der Waals surface area contributed by atoms with Crippen LogP contribution in [0.5, 0.6) is 0 Å². The maximum atomic E-state index is 12.0. The Bertz CT molecular complexity index is 541. The molecule has 1 aromatic carbocycles. The van der Waals surface area contributed by atoms with E-state index in [-0.39, 0.29) is 10.5 Å². The van der Waals surface area contributed by atoms with Crippen LogP contribution >= 0.6 is 0 Å². The molecule has 6 nitrogen and oxygen atoms in total. The monoisotopic (exact) mass is 301 g/mol. The molecule has 1 rings (SSSR count). The Balaban J connectivity index is 2.56. The molecule has 0 amide bonds. The second-order valence-corrected chi connectivity index (χ2v) is 6.05. The molecule has 0 radical (unpaired) electrons. The van der Waals surface area contributed by atoms with Crippen molar-refractivity contribution in [1.82, 2.24) is 4.72 Å². The summed E-state index contributed by atoms with van der Waals surface area (Å²) in [4.78, 5) is 10.8. The van der Waals surface area contributed by atoms with Gasteiger partial charge >= 0.3 is 5.97 Å². The zero-order chi connectivity index (χ0) is 15.0. The van der Waals surface area contributed by atoms with Gasteiger partial charge in [0, 0.05) is 20.3 Å². The van der Waals surface area contributed by atoms with E-state index in [1.54, 1.807) is 7.11 Å². The fourth-order valence-electron chi connectivity index (χ4n) is 1.63. The van der Waals surface area contributed by atoms with Crippen LogP contribution in [0.15, 0.2) is 29.2 Å². The maximum absolute atomic E-state index is 12.0. The zero-order valence-corrected chi connectivity index (χ0v) is 12.1. The lowest BCUT2D eigenvalue weighted by molar-refractivity contribution is 0.0696. The van der Waals surface area contributed by atoms with E-state index in [4.69, 9.17) is 9.84 Å². The first kappa shape index (κ1) is 16.6. The Morgan fingerprint density at radius 2 is 2.05 bits per heavy atom.